The van der Waals surface area contributed by atoms with Gasteiger partial charge in [-0.1, -0.05) is 168 Å². The molecule has 5 heteroatoms. The first-order chi connectivity index (χ1) is 17.5. The molecule has 0 aromatic heterocycles. The second kappa shape index (κ2) is 27.9. The van der Waals surface area contributed by atoms with Crippen LogP contribution in [-0.4, -0.2) is 20.5 Å². The normalized spacial score (nSPS) is 12.9. The molecule has 0 radical (unpaired) electrons. The van der Waals surface area contributed by atoms with Gasteiger partial charge in [0.2, 0.25) is 5.50 Å². The molecule has 0 spiro atoms. The maximum absolute atomic E-state index is 14.0. The van der Waals surface area contributed by atoms with Crippen LogP contribution in [0.15, 0.2) is 0 Å². The number of halogens is 1. The van der Waals surface area contributed by atoms with E-state index in [0.29, 0.717) is 12.8 Å². The van der Waals surface area contributed by atoms with Crippen molar-refractivity contribution in [1.82, 2.24) is 0 Å². The van der Waals surface area contributed by atoms with E-state index in [9.17, 15) is 12.8 Å². The van der Waals surface area contributed by atoms with Crippen LogP contribution in [0.1, 0.15) is 187 Å². The summed E-state index contributed by atoms with van der Waals surface area (Å²) in [6, 6.07) is 0. The lowest BCUT2D eigenvalue weighted by Crippen LogP contribution is -2.19. The Kier molecular flexibility index (Phi) is 27.7. The first-order valence-electron chi connectivity index (χ1n) is 16.1. The zero-order valence-corrected chi connectivity index (χ0v) is 25.2. The molecule has 36 heavy (non-hydrogen) atoms. The van der Waals surface area contributed by atoms with E-state index in [1.54, 1.807) is 0 Å². The summed E-state index contributed by atoms with van der Waals surface area (Å²) in [5, 5.41) is 0. The Hall–Kier alpha value is -0.160. The van der Waals surface area contributed by atoms with Gasteiger partial charge in [0.1, 0.15) is 0 Å². The highest BCUT2D eigenvalue weighted by Gasteiger charge is 2.25. The Bertz CT molecular complexity index is 524. The fourth-order valence-corrected chi connectivity index (χ4v) is 5.79. The molecule has 0 heterocycles. The van der Waals surface area contributed by atoms with Gasteiger partial charge in [-0.15, -0.1) is 0 Å². The van der Waals surface area contributed by atoms with Crippen LogP contribution in [0.2, 0.25) is 0 Å². The summed E-state index contributed by atoms with van der Waals surface area (Å²) in [7, 11) is -4.05. The molecule has 0 N–H and O–H groups in total. The summed E-state index contributed by atoms with van der Waals surface area (Å²) in [4.78, 5) is 0. The van der Waals surface area contributed by atoms with Gasteiger partial charge < -0.3 is 0 Å². The third-order valence-corrected chi connectivity index (χ3v) is 8.70. The molecule has 0 aliphatic heterocycles. The summed E-state index contributed by atoms with van der Waals surface area (Å²) in [5.74, 6) is 0. The van der Waals surface area contributed by atoms with Crippen LogP contribution < -0.4 is 0 Å². The zero-order chi connectivity index (χ0) is 26.6. The van der Waals surface area contributed by atoms with Crippen LogP contribution in [0.5, 0.6) is 0 Å². The van der Waals surface area contributed by atoms with Gasteiger partial charge in [-0.25, -0.2) is 4.39 Å². The minimum absolute atomic E-state index is 0.0648. The van der Waals surface area contributed by atoms with Gasteiger partial charge in [0, 0.05) is 0 Å². The number of alkyl halides is 1. The van der Waals surface area contributed by atoms with E-state index in [1.165, 1.54) is 122 Å². The molecule has 0 fully saturated rings. The highest BCUT2D eigenvalue weighted by atomic mass is 32.2. The van der Waals surface area contributed by atoms with Crippen molar-refractivity contribution in [1.29, 1.82) is 0 Å². The van der Waals surface area contributed by atoms with Crippen LogP contribution in [-0.2, 0) is 14.3 Å². The molecule has 1 unspecified atom stereocenters. The molecule has 0 bridgehead atoms. The lowest BCUT2D eigenvalue weighted by Gasteiger charge is -2.10. The largest absolute Gasteiger partial charge is 0.299 e. The molecule has 0 aliphatic rings. The fourth-order valence-electron chi connectivity index (χ4n) is 4.84. The van der Waals surface area contributed by atoms with Crippen molar-refractivity contribution in [3.63, 3.8) is 0 Å². The van der Waals surface area contributed by atoms with Crippen molar-refractivity contribution in [2.24, 2.45) is 0 Å². The highest BCUT2D eigenvalue weighted by Crippen LogP contribution is 2.18. The number of hydrogen-bond donors (Lipinski definition) is 0. The molecule has 0 aliphatic carbocycles. The van der Waals surface area contributed by atoms with E-state index >= 15 is 0 Å². The minimum Gasteiger partial charge on any atom is -0.268 e. The zero-order valence-electron chi connectivity index (χ0n) is 24.4. The van der Waals surface area contributed by atoms with Crippen LogP contribution in [0.3, 0.4) is 0 Å². The molecule has 3 nitrogen and oxygen atoms in total. The van der Waals surface area contributed by atoms with Crippen LogP contribution >= 0.6 is 0 Å². The lowest BCUT2D eigenvalue weighted by molar-refractivity contribution is 0.270. The number of hydrogen-bond acceptors (Lipinski definition) is 3. The number of rotatable bonds is 30. The maximum Gasteiger partial charge on any atom is 0.299 e. The summed E-state index contributed by atoms with van der Waals surface area (Å²) in [6.45, 7) is 4.58. The monoisotopic (exact) mass is 534 g/mol. The molecular formula is C31H63FO3S. The Morgan fingerprint density at radius 2 is 0.750 bits per heavy atom. The van der Waals surface area contributed by atoms with Crippen molar-refractivity contribution in [3.05, 3.63) is 0 Å². The summed E-state index contributed by atoms with van der Waals surface area (Å²) in [5.41, 5.74) is -1.87. The third kappa shape index (κ3) is 25.5. The van der Waals surface area contributed by atoms with E-state index in [1.807, 2.05) is 0 Å². The van der Waals surface area contributed by atoms with Crippen molar-refractivity contribution >= 4 is 10.1 Å². The lowest BCUT2D eigenvalue weighted by atomic mass is 10.0. The van der Waals surface area contributed by atoms with Crippen molar-refractivity contribution < 1.29 is 17.0 Å². The maximum atomic E-state index is 14.0. The van der Waals surface area contributed by atoms with Crippen molar-refractivity contribution in [2.75, 3.05) is 6.61 Å². The SMILES string of the molecule is CCCCCCCCCCCCCCCCCCCCCOS(=O)(=O)C(F)CCCCCCCCC. The molecule has 0 rings (SSSR count). The molecule has 0 saturated heterocycles. The average Bonchev–Trinajstić information content (AvgIpc) is 2.86. The van der Waals surface area contributed by atoms with Gasteiger partial charge in [0.15, 0.2) is 0 Å². The van der Waals surface area contributed by atoms with Crippen molar-refractivity contribution in [3.8, 4) is 0 Å². The van der Waals surface area contributed by atoms with Gasteiger partial charge in [-0.3, -0.25) is 4.18 Å². The van der Waals surface area contributed by atoms with Gasteiger partial charge in [0.25, 0.3) is 10.1 Å². The summed E-state index contributed by atoms with van der Waals surface area (Å²) in [6.07, 6.45) is 32.3. The Labute approximate surface area is 226 Å². The molecule has 0 aromatic rings. The fraction of sp³-hybridized carbons (Fsp3) is 1.00. The van der Waals surface area contributed by atoms with Gasteiger partial charge >= 0.3 is 0 Å². The third-order valence-electron chi connectivity index (χ3n) is 7.34. The first kappa shape index (κ1) is 35.8. The Morgan fingerprint density at radius 1 is 0.472 bits per heavy atom. The van der Waals surface area contributed by atoms with E-state index in [2.05, 4.69) is 13.8 Å². The average molecular weight is 535 g/mol. The molecule has 0 saturated carbocycles. The van der Waals surface area contributed by atoms with E-state index in [4.69, 9.17) is 4.18 Å². The topological polar surface area (TPSA) is 43.4 Å². The van der Waals surface area contributed by atoms with E-state index in [-0.39, 0.29) is 13.0 Å². The molecule has 218 valence electrons. The smallest absolute Gasteiger partial charge is 0.268 e. The van der Waals surface area contributed by atoms with Gasteiger partial charge in [-0.2, -0.15) is 8.42 Å². The Morgan fingerprint density at radius 3 is 1.08 bits per heavy atom. The highest BCUT2D eigenvalue weighted by molar-refractivity contribution is 7.87. The molecule has 0 aromatic carbocycles. The van der Waals surface area contributed by atoms with E-state index in [0.717, 1.165) is 32.1 Å². The van der Waals surface area contributed by atoms with Crippen molar-refractivity contribution in [2.45, 2.75) is 193 Å². The molecule has 0 amide bonds. The second-order valence-corrected chi connectivity index (χ2v) is 12.7. The van der Waals surface area contributed by atoms with E-state index < -0.39 is 15.6 Å². The quantitative estimate of drug-likeness (QED) is 0.0679. The van der Waals surface area contributed by atoms with Crippen LogP contribution in [0, 0.1) is 0 Å². The second-order valence-electron chi connectivity index (χ2n) is 11.0. The predicted octanol–water partition coefficient (Wildman–Crippen LogP) is 11.2. The predicted molar refractivity (Wildman–Crippen MR) is 156 cm³/mol. The molecule has 1 atom stereocenters. The van der Waals surface area contributed by atoms with Crippen LogP contribution in [0.25, 0.3) is 0 Å². The van der Waals surface area contributed by atoms with Crippen LogP contribution in [0.4, 0.5) is 4.39 Å². The molecular weight excluding hydrogens is 471 g/mol. The number of unbranched alkanes of at least 4 members (excludes halogenated alkanes) is 24. The summed E-state index contributed by atoms with van der Waals surface area (Å²) >= 11 is 0. The summed E-state index contributed by atoms with van der Waals surface area (Å²) < 4.78 is 42.8. The van der Waals surface area contributed by atoms with Gasteiger partial charge in [-0.05, 0) is 19.3 Å². The first-order valence-corrected chi connectivity index (χ1v) is 17.5. The standard InChI is InChI=1S/C31H63FO3S/c1-3-5-7-9-11-12-13-14-15-16-17-18-19-20-21-22-24-26-28-30-35-36(33,34)31(32)29-27-25-23-10-8-6-4-2/h31H,3-30H2,1-2H3. The minimum atomic E-state index is -4.05. The Balaban J connectivity index is 3.35. The van der Waals surface area contributed by atoms with Gasteiger partial charge in [0.05, 0.1) is 6.61 Å².